The van der Waals surface area contributed by atoms with Crippen LogP contribution in [0, 0.1) is 5.82 Å². The maximum Gasteiger partial charge on any atom is 0.363 e. The topological polar surface area (TPSA) is 54.4 Å². The molecule has 1 fully saturated rings. The summed E-state index contributed by atoms with van der Waals surface area (Å²) in [5, 5.41) is 0. The molecule has 0 bridgehead atoms. The normalized spacial score (nSPS) is 20.1. The first kappa shape index (κ1) is 25.0. The predicted octanol–water partition coefficient (Wildman–Crippen LogP) is 5.32. The highest BCUT2D eigenvalue weighted by Crippen LogP contribution is 2.37. The second-order valence-corrected chi connectivity index (χ2v) is 9.25. The van der Waals surface area contributed by atoms with Gasteiger partial charge < -0.3 is 19.3 Å². The third kappa shape index (κ3) is 5.52. The average Bonchev–Trinajstić information content (AvgIpc) is 3.49. The Kier molecular flexibility index (Phi) is 7.51. The van der Waals surface area contributed by atoms with Gasteiger partial charge in [0.2, 0.25) is 5.90 Å². The molecule has 0 aromatic heterocycles. The van der Waals surface area contributed by atoms with E-state index in [1.807, 2.05) is 6.08 Å². The molecule has 2 aromatic rings. The molecule has 0 amide bonds. The molecule has 37 heavy (non-hydrogen) atoms. The number of allylic oxidation sites excluding steroid dienone is 3. The number of aliphatic imine (C=N–C) groups is 1. The summed E-state index contributed by atoms with van der Waals surface area (Å²) in [5.74, 6) is -0.637. The summed E-state index contributed by atoms with van der Waals surface area (Å²) in [5.41, 5.74) is 6.69. The number of benzene rings is 2. The molecule has 7 heteroatoms. The van der Waals surface area contributed by atoms with Crippen LogP contribution in [0.25, 0.3) is 6.08 Å². The van der Waals surface area contributed by atoms with Crippen molar-refractivity contribution in [3.05, 3.63) is 94.1 Å². The van der Waals surface area contributed by atoms with Gasteiger partial charge in [0.15, 0.2) is 5.70 Å². The van der Waals surface area contributed by atoms with Crippen molar-refractivity contribution in [1.82, 2.24) is 4.90 Å². The Hall–Kier alpha value is -3.71. The predicted molar refractivity (Wildman–Crippen MR) is 144 cm³/mol. The smallest absolute Gasteiger partial charge is 0.363 e. The third-order valence-electron chi connectivity index (χ3n) is 6.98. The molecule has 0 unspecified atom stereocenters. The van der Waals surface area contributed by atoms with E-state index in [4.69, 9.17) is 9.47 Å². The van der Waals surface area contributed by atoms with Crippen LogP contribution >= 0.6 is 0 Å². The number of rotatable bonds is 7. The van der Waals surface area contributed by atoms with Gasteiger partial charge in [-0.2, -0.15) is 0 Å². The van der Waals surface area contributed by atoms with Crippen LogP contribution in [0.1, 0.15) is 37.8 Å². The number of hydrogen-bond acceptors (Lipinski definition) is 6. The lowest BCUT2D eigenvalue weighted by Gasteiger charge is -2.31. The number of halogens is 1. The molecule has 0 radical (unpaired) electrons. The summed E-state index contributed by atoms with van der Waals surface area (Å²) >= 11 is 0. The van der Waals surface area contributed by atoms with E-state index in [0.29, 0.717) is 18.8 Å². The fourth-order valence-corrected chi connectivity index (χ4v) is 5.05. The molecule has 0 saturated carbocycles. The molecule has 1 aliphatic carbocycles. The lowest BCUT2D eigenvalue weighted by atomic mass is 10.1. The quantitative estimate of drug-likeness (QED) is 0.380. The maximum atomic E-state index is 13.3. The standard InChI is InChI=1S/C30H32FN3O3/c1-3-33(4-2)26-13-5-21(6-14-26)19-23-7-8-24(28(23)34-15-17-36-18-16-34)20-27-30(35)37-29(32-27)22-9-11-25(31)12-10-22/h5-6,9-14,19-20H,3-4,7-8,15-18H2,1-2H3/b23-19+,27-20+. The van der Waals surface area contributed by atoms with E-state index in [-0.39, 0.29) is 17.4 Å². The van der Waals surface area contributed by atoms with Crippen LogP contribution in [0.5, 0.6) is 0 Å². The van der Waals surface area contributed by atoms with Crippen molar-refractivity contribution in [1.29, 1.82) is 0 Å². The monoisotopic (exact) mass is 501 g/mol. The minimum atomic E-state index is -0.488. The van der Waals surface area contributed by atoms with E-state index in [1.54, 1.807) is 12.1 Å². The molecular weight excluding hydrogens is 469 g/mol. The van der Waals surface area contributed by atoms with Crippen molar-refractivity contribution in [2.45, 2.75) is 26.7 Å². The molecule has 1 saturated heterocycles. The van der Waals surface area contributed by atoms with Crippen molar-refractivity contribution in [3.8, 4) is 0 Å². The third-order valence-corrected chi connectivity index (χ3v) is 6.98. The van der Waals surface area contributed by atoms with Gasteiger partial charge in [0.25, 0.3) is 0 Å². The van der Waals surface area contributed by atoms with Gasteiger partial charge in [-0.1, -0.05) is 12.1 Å². The van der Waals surface area contributed by atoms with Crippen LogP contribution in [-0.2, 0) is 14.3 Å². The van der Waals surface area contributed by atoms with Crippen LogP contribution in [0.15, 0.2) is 82.1 Å². The summed E-state index contributed by atoms with van der Waals surface area (Å²) < 4.78 is 24.3. The Morgan fingerprint density at radius 2 is 1.68 bits per heavy atom. The van der Waals surface area contributed by atoms with Crippen molar-refractivity contribution in [2.75, 3.05) is 44.3 Å². The van der Waals surface area contributed by atoms with Crippen LogP contribution in [0.2, 0.25) is 0 Å². The Morgan fingerprint density at radius 1 is 0.973 bits per heavy atom. The van der Waals surface area contributed by atoms with E-state index in [1.165, 1.54) is 23.4 Å². The molecule has 6 nitrogen and oxygen atoms in total. The Bertz CT molecular complexity index is 1270. The largest absolute Gasteiger partial charge is 0.402 e. The molecule has 0 N–H and O–H groups in total. The van der Waals surface area contributed by atoms with E-state index in [0.717, 1.165) is 55.9 Å². The summed E-state index contributed by atoms with van der Waals surface area (Å²) in [7, 11) is 0. The molecule has 2 aliphatic heterocycles. The zero-order valence-corrected chi connectivity index (χ0v) is 21.4. The molecule has 3 aliphatic rings. The van der Waals surface area contributed by atoms with Gasteiger partial charge in [0.1, 0.15) is 5.82 Å². The number of cyclic esters (lactones) is 1. The molecular formula is C30H32FN3O3. The average molecular weight is 502 g/mol. The second-order valence-electron chi connectivity index (χ2n) is 9.25. The number of carbonyl (C=O) groups is 1. The Balaban J connectivity index is 1.48. The van der Waals surface area contributed by atoms with E-state index in [9.17, 15) is 9.18 Å². The number of nitrogens with zero attached hydrogens (tertiary/aromatic N) is 3. The Morgan fingerprint density at radius 3 is 2.35 bits per heavy atom. The molecule has 2 heterocycles. The first-order valence-corrected chi connectivity index (χ1v) is 13.0. The first-order valence-electron chi connectivity index (χ1n) is 13.0. The highest BCUT2D eigenvalue weighted by molar-refractivity contribution is 6.11. The van der Waals surface area contributed by atoms with Crippen molar-refractivity contribution >= 4 is 23.6 Å². The molecule has 0 atom stereocenters. The number of carbonyl (C=O) groups excluding carboxylic acids is 1. The molecule has 5 rings (SSSR count). The summed E-state index contributed by atoms with van der Waals surface area (Å²) in [6.07, 6.45) is 5.80. The van der Waals surface area contributed by atoms with E-state index < -0.39 is 5.97 Å². The lowest BCUT2D eigenvalue weighted by Crippen LogP contribution is -2.36. The van der Waals surface area contributed by atoms with Gasteiger partial charge in [-0.15, -0.1) is 0 Å². The van der Waals surface area contributed by atoms with Crippen LogP contribution in [0.3, 0.4) is 0 Å². The molecule has 0 spiro atoms. The number of esters is 1. The highest BCUT2D eigenvalue weighted by atomic mass is 19.1. The van der Waals surface area contributed by atoms with Gasteiger partial charge in [0, 0.05) is 43.1 Å². The van der Waals surface area contributed by atoms with Crippen LogP contribution in [0.4, 0.5) is 10.1 Å². The molecule has 2 aromatic carbocycles. The van der Waals surface area contributed by atoms with Crippen molar-refractivity contribution < 1.29 is 18.7 Å². The fourth-order valence-electron chi connectivity index (χ4n) is 5.05. The summed E-state index contributed by atoms with van der Waals surface area (Å²) in [6, 6.07) is 14.5. The van der Waals surface area contributed by atoms with Gasteiger partial charge >= 0.3 is 5.97 Å². The van der Waals surface area contributed by atoms with Crippen LogP contribution in [-0.4, -0.2) is 56.2 Å². The van der Waals surface area contributed by atoms with E-state index >= 15 is 0 Å². The first-order chi connectivity index (χ1) is 18.1. The minimum Gasteiger partial charge on any atom is -0.402 e. The number of hydrogen-bond donors (Lipinski definition) is 0. The van der Waals surface area contributed by atoms with Gasteiger partial charge in [0.05, 0.1) is 13.2 Å². The van der Waals surface area contributed by atoms with Crippen molar-refractivity contribution in [3.63, 3.8) is 0 Å². The Labute approximate surface area is 217 Å². The fraction of sp³-hybridized carbons (Fsp3) is 0.333. The zero-order chi connectivity index (χ0) is 25.8. The maximum absolute atomic E-state index is 13.3. The van der Waals surface area contributed by atoms with Crippen molar-refractivity contribution in [2.24, 2.45) is 4.99 Å². The number of anilines is 1. The lowest BCUT2D eigenvalue weighted by molar-refractivity contribution is -0.130. The van der Waals surface area contributed by atoms with Gasteiger partial charge in [-0.05, 0) is 91.9 Å². The number of ether oxygens (including phenoxy) is 2. The van der Waals surface area contributed by atoms with Gasteiger partial charge in [-0.25, -0.2) is 14.2 Å². The van der Waals surface area contributed by atoms with Gasteiger partial charge in [-0.3, -0.25) is 0 Å². The van der Waals surface area contributed by atoms with Crippen LogP contribution < -0.4 is 4.90 Å². The summed E-state index contributed by atoms with van der Waals surface area (Å²) in [6.45, 7) is 9.24. The minimum absolute atomic E-state index is 0.201. The van der Waals surface area contributed by atoms with E-state index in [2.05, 4.69) is 59.0 Å². The second kappa shape index (κ2) is 11.1. The number of morpholine rings is 1. The summed E-state index contributed by atoms with van der Waals surface area (Å²) in [4.78, 5) is 21.8. The highest BCUT2D eigenvalue weighted by Gasteiger charge is 2.29. The SMILES string of the molecule is CCN(CC)c1ccc(/C=C2\CCC(/C=C3/N=C(c4ccc(F)cc4)OC3=O)=C2N2CCOCC2)cc1. The zero-order valence-electron chi connectivity index (χ0n) is 21.4. The molecule has 192 valence electrons.